The van der Waals surface area contributed by atoms with Gasteiger partial charge in [0.05, 0.1) is 29.7 Å². The number of hydrogen-bond donors (Lipinski definition) is 0. The van der Waals surface area contributed by atoms with Crippen LogP contribution in [0.1, 0.15) is 16.7 Å². The molecule has 7 heteroatoms. The van der Waals surface area contributed by atoms with Crippen LogP contribution in [0.3, 0.4) is 0 Å². The van der Waals surface area contributed by atoms with Gasteiger partial charge >= 0.3 is 6.18 Å². The highest BCUT2D eigenvalue weighted by Crippen LogP contribution is 2.37. The first-order valence-corrected chi connectivity index (χ1v) is 9.03. The van der Waals surface area contributed by atoms with Crippen LogP contribution in [-0.2, 0) is 19.3 Å². The van der Waals surface area contributed by atoms with Crippen molar-refractivity contribution in [3.8, 4) is 5.75 Å². The molecule has 3 aromatic rings. The van der Waals surface area contributed by atoms with E-state index in [2.05, 4.69) is 27.3 Å². The minimum atomic E-state index is -4.37. The lowest BCUT2D eigenvalue weighted by Crippen LogP contribution is -2.15. The normalized spacial score (nSPS) is 13.7. The average Bonchev–Trinajstić information content (AvgIpc) is 3.15. The maximum absolute atomic E-state index is 12.6. The van der Waals surface area contributed by atoms with Gasteiger partial charge in [0.2, 0.25) is 0 Å². The van der Waals surface area contributed by atoms with Crippen LogP contribution < -0.4 is 9.64 Å². The van der Waals surface area contributed by atoms with Crippen molar-refractivity contribution in [2.75, 3.05) is 12.0 Å². The first kappa shape index (κ1) is 19.0. The molecule has 0 fully saturated rings. The number of fused-ring (bicyclic) bond motifs is 1. The molecule has 0 saturated heterocycles. The Hall–Kier alpha value is -3.35. The Morgan fingerprint density at radius 2 is 1.41 bits per heavy atom. The van der Waals surface area contributed by atoms with Crippen molar-refractivity contribution >= 4 is 17.1 Å². The van der Waals surface area contributed by atoms with E-state index in [4.69, 9.17) is 4.74 Å². The van der Waals surface area contributed by atoms with E-state index in [0.29, 0.717) is 17.1 Å². The van der Waals surface area contributed by atoms with Crippen molar-refractivity contribution < 1.29 is 17.9 Å². The van der Waals surface area contributed by atoms with Crippen molar-refractivity contribution in [1.29, 1.82) is 0 Å². The Kier molecular flexibility index (Phi) is 4.96. The van der Waals surface area contributed by atoms with E-state index < -0.39 is 11.7 Å². The fourth-order valence-corrected chi connectivity index (χ4v) is 3.33. The van der Waals surface area contributed by atoms with Gasteiger partial charge in [0.25, 0.3) is 0 Å². The van der Waals surface area contributed by atoms with Gasteiger partial charge < -0.3 is 9.64 Å². The van der Waals surface area contributed by atoms with Crippen molar-refractivity contribution in [2.24, 2.45) is 10.2 Å². The highest BCUT2D eigenvalue weighted by molar-refractivity contribution is 5.65. The van der Waals surface area contributed by atoms with E-state index in [1.165, 1.54) is 23.3 Å². The lowest BCUT2D eigenvalue weighted by atomic mass is 10.1. The van der Waals surface area contributed by atoms with Crippen molar-refractivity contribution in [2.45, 2.75) is 19.3 Å². The van der Waals surface area contributed by atoms with Crippen LogP contribution >= 0.6 is 0 Å². The molecule has 0 aliphatic carbocycles. The molecule has 3 aromatic carbocycles. The summed E-state index contributed by atoms with van der Waals surface area (Å²) < 4.78 is 43.4. The van der Waals surface area contributed by atoms with E-state index in [9.17, 15) is 13.2 Å². The third-order valence-corrected chi connectivity index (χ3v) is 4.82. The van der Waals surface area contributed by atoms with Crippen LogP contribution in [0.25, 0.3) is 0 Å². The number of methoxy groups -OCH3 is 1. The number of ether oxygens (including phenoxy) is 1. The second-order valence-electron chi connectivity index (χ2n) is 6.73. The van der Waals surface area contributed by atoms with Gasteiger partial charge in [-0.25, -0.2) is 0 Å². The zero-order chi connectivity index (χ0) is 20.4. The zero-order valence-electron chi connectivity index (χ0n) is 15.6. The van der Waals surface area contributed by atoms with E-state index in [0.717, 1.165) is 30.9 Å². The largest absolute Gasteiger partial charge is 0.495 e. The van der Waals surface area contributed by atoms with Crippen LogP contribution in [0.15, 0.2) is 77.0 Å². The van der Waals surface area contributed by atoms with Crippen molar-refractivity contribution in [3.63, 3.8) is 0 Å². The number of anilines is 1. The van der Waals surface area contributed by atoms with Crippen LogP contribution in [0, 0.1) is 0 Å². The number of nitrogens with zero attached hydrogens (tertiary/aromatic N) is 3. The summed E-state index contributed by atoms with van der Waals surface area (Å²) in [6.45, 7) is 1.61. The third-order valence-electron chi connectivity index (χ3n) is 4.82. The van der Waals surface area contributed by atoms with Crippen molar-refractivity contribution in [3.05, 3.63) is 83.4 Å². The van der Waals surface area contributed by atoms with Crippen LogP contribution in [0.2, 0.25) is 0 Å². The van der Waals surface area contributed by atoms with Crippen molar-refractivity contribution in [1.82, 2.24) is 0 Å². The monoisotopic (exact) mass is 397 g/mol. The molecule has 0 atom stereocenters. The van der Waals surface area contributed by atoms with E-state index in [-0.39, 0.29) is 0 Å². The van der Waals surface area contributed by atoms with Gasteiger partial charge in [-0.2, -0.15) is 23.4 Å². The summed E-state index contributed by atoms with van der Waals surface area (Å²) in [7, 11) is 1.60. The first-order chi connectivity index (χ1) is 13.9. The van der Waals surface area contributed by atoms with Gasteiger partial charge in [0.15, 0.2) is 0 Å². The van der Waals surface area contributed by atoms with Gasteiger partial charge in [0.1, 0.15) is 5.75 Å². The minimum absolute atomic E-state index is 0.344. The molecule has 1 aliphatic heterocycles. The molecule has 4 nitrogen and oxygen atoms in total. The predicted octanol–water partition coefficient (Wildman–Crippen LogP) is 6.65. The lowest BCUT2D eigenvalue weighted by Gasteiger charge is -2.20. The molecular weight excluding hydrogens is 379 g/mol. The fraction of sp³-hybridized carbons (Fsp3) is 0.182. The molecule has 0 saturated carbocycles. The number of azo groups is 1. The highest BCUT2D eigenvalue weighted by atomic mass is 19.4. The van der Waals surface area contributed by atoms with E-state index >= 15 is 0 Å². The standard InChI is InChI=1S/C22H18F3N3O/c1-29-21-12-19(27-26-18-8-6-17(7-9-18)22(23,24)25)10-11-20(21)28-13-15-4-2-3-5-16(15)14-28/h2-12H,13-14H2,1H3. The zero-order valence-corrected chi connectivity index (χ0v) is 15.6. The molecule has 29 heavy (non-hydrogen) atoms. The van der Waals surface area contributed by atoms with Gasteiger partial charge in [-0.15, -0.1) is 0 Å². The Morgan fingerprint density at radius 3 is 2.00 bits per heavy atom. The molecule has 0 aromatic heterocycles. The van der Waals surface area contributed by atoms with Crippen LogP contribution in [-0.4, -0.2) is 7.11 Å². The van der Waals surface area contributed by atoms with E-state index in [1.807, 2.05) is 24.3 Å². The third kappa shape index (κ3) is 4.08. The van der Waals surface area contributed by atoms with Gasteiger partial charge in [-0.05, 0) is 47.5 Å². The molecular formula is C22H18F3N3O. The number of alkyl halides is 3. The molecule has 148 valence electrons. The van der Waals surface area contributed by atoms with E-state index in [1.54, 1.807) is 13.2 Å². The summed E-state index contributed by atoms with van der Waals surface area (Å²) in [5.74, 6) is 0.668. The fourth-order valence-electron chi connectivity index (χ4n) is 3.33. The second kappa shape index (κ2) is 7.58. The van der Waals surface area contributed by atoms with Gasteiger partial charge in [-0.3, -0.25) is 0 Å². The second-order valence-corrected chi connectivity index (χ2v) is 6.73. The maximum atomic E-state index is 12.6. The highest BCUT2D eigenvalue weighted by Gasteiger charge is 2.29. The summed E-state index contributed by atoms with van der Waals surface area (Å²) in [5.41, 5.74) is 3.73. The molecule has 0 radical (unpaired) electrons. The Morgan fingerprint density at radius 1 is 0.828 bits per heavy atom. The van der Waals surface area contributed by atoms with Crippen LogP contribution in [0.4, 0.5) is 30.2 Å². The van der Waals surface area contributed by atoms with Crippen LogP contribution in [0.5, 0.6) is 5.75 Å². The topological polar surface area (TPSA) is 37.2 Å². The SMILES string of the molecule is COc1cc(N=Nc2ccc(C(F)(F)F)cc2)ccc1N1Cc2ccccc2C1. The quantitative estimate of drug-likeness (QED) is 0.462. The number of halogens is 3. The smallest absolute Gasteiger partial charge is 0.416 e. The molecule has 0 bridgehead atoms. The average molecular weight is 397 g/mol. The van der Waals surface area contributed by atoms with Gasteiger partial charge in [-0.1, -0.05) is 24.3 Å². The molecule has 1 heterocycles. The van der Waals surface area contributed by atoms with Gasteiger partial charge in [0, 0.05) is 19.2 Å². The minimum Gasteiger partial charge on any atom is -0.495 e. The number of rotatable bonds is 4. The Labute approximate surface area is 166 Å². The predicted molar refractivity (Wildman–Crippen MR) is 105 cm³/mol. The molecule has 1 aliphatic rings. The summed E-state index contributed by atoms with van der Waals surface area (Å²) >= 11 is 0. The lowest BCUT2D eigenvalue weighted by molar-refractivity contribution is -0.137. The molecule has 0 unspecified atom stereocenters. The molecule has 0 amide bonds. The Bertz CT molecular complexity index is 1020. The summed E-state index contributed by atoms with van der Waals surface area (Å²) in [6.07, 6.45) is -4.37. The maximum Gasteiger partial charge on any atom is 0.416 e. The summed E-state index contributed by atoms with van der Waals surface area (Å²) in [5, 5.41) is 8.15. The summed E-state index contributed by atoms with van der Waals surface area (Å²) in [4.78, 5) is 2.22. The molecule has 4 rings (SSSR count). The number of hydrogen-bond acceptors (Lipinski definition) is 4. The first-order valence-electron chi connectivity index (χ1n) is 9.03. The number of benzene rings is 3. The molecule has 0 N–H and O–H groups in total. The molecule has 0 spiro atoms. The Balaban J connectivity index is 1.52. The summed E-state index contributed by atoms with van der Waals surface area (Å²) in [6, 6.07) is 18.4.